The van der Waals surface area contributed by atoms with E-state index >= 15 is 0 Å². The zero-order valence-electron chi connectivity index (χ0n) is 11.5. The monoisotopic (exact) mass is 287 g/mol. The predicted molar refractivity (Wildman–Crippen MR) is 72.6 cm³/mol. The summed E-state index contributed by atoms with van der Waals surface area (Å²) in [4.78, 5) is 12.2. The smallest absolute Gasteiger partial charge is 0.322 e. The zero-order chi connectivity index (χ0) is 14.8. The Morgan fingerprint density at radius 1 is 1.43 bits per heavy atom. The number of carbonyl (C=O) groups excluding carboxylic acids is 1. The average molecular weight is 287 g/mol. The Kier molecular flexibility index (Phi) is 3.27. The van der Waals surface area contributed by atoms with E-state index in [1.807, 2.05) is 13.8 Å². The molecule has 1 N–H and O–H groups in total. The van der Waals surface area contributed by atoms with Crippen LogP contribution in [0.2, 0.25) is 0 Å². The summed E-state index contributed by atoms with van der Waals surface area (Å²) in [6.07, 6.45) is 1.50. The van der Waals surface area contributed by atoms with E-state index < -0.39 is 0 Å². The first-order chi connectivity index (χ1) is 10.2. The number of nitrogens with zero attached hydrogens (tertiary/aromatic N) is 4. The largest absolute Gasteiger partial charge is 0.459 e. The van der Waals surface area contributed by atoms with Gasteiger partial charge in [-0.05, 0) is 32.0 Å². The number of furan rings is 1. The van der Waals surface area contributed by atoms with Crippen molar-refractivity contribution in [1.29, 1.82) is 0 Å². The molecule has 1 amide bonds. The molecule has 0 atom stereocenters. The van der Waals surface area contributed by atoms with Crippen LogP contribution in [0.25, 0.3) is 11.7 Å². The van der Waals surface area contributed by atoms with Crippen LogP contribution in [0.4, 0.5) is 6.01 Å². The van der Waals surface area contributed by atoms with Gasteiger partial charge in [-0.25, -0.2) is 0 Å². The molecule has 0 aliphatic carbocycles. The van der Waals surface area contributed by atoms with Gasteiger partial charge >= 0.3 is 6.01 Å². The number of anilines is 1. The maximum absolute atomic E-state index is 12.2. The molecule has 0 radical (unpaired) electrons. The van der Waals surface area contributed by atoms with Gasteiger partial charge in [-0.2, -0.15) is 5.10 Å². The first kappa shape index (κ1) is 13.1. The van der Waals surface area contributed by atoms with Gasteiger partial charge in [0.25, 0.3) is 11.8 Å². The molecule has 0 bridgehead atoms. The topological polar surface area (TPSA) is 99.0 Å². The summed E-state index contributed by atoms with van der Waals surface area (Å²) in [5, 5.41) is 14.3. The molecule has 0 aromatic carbocycles. The molecule has 0 aliphatic rings. The molecule has 3 aromatic heterocycles. The molecule has 0 saturated heterocycles. The second kappa shape index (κ2) is 5.23. The molecule has 0 aliphatic heterocycles. The molecule has 3 aromatic rings. The molecule has 0 fully saturated rings. The van der Waals surface area contributed by atoms with Crippen LogP contribution in [-0.2, 0) is 6.54 Å². The number of aromatic nitrogens is 4. The van der Waals surface area contributed by atoms with Gasteiger partial charge in [0.15, 0.2) is 5.76 Å². The molecule has 3 rings (SSSR count). The van der Waals surface area contributed by atoms with Crippen molar-refractivity contribution in [3.63, 3.8) is 0 Å². The van der Waals surface area contributed by atoms with Crippen LogP contribution >= 0.6 is 0 Å². The van der Waals surface area contributed by atoms with Gasteiger partial charge in [0.2, 0.25) is 0 Å². The molecule has 3 heterocycles. The Labute approximate surface area is 119 Å². The molecular formula is C13H13N5O3. The summed E-state index contributed by atoms with van der Waals surface area (Å²) in [6.45, 7) is 4.33. The fraction of sp³-hybridized carbons (Fsp3) is 0.231. The fourth-order valence-corrected chi connectivity index (χ4v) is 1.90. The van der Waals surface area contributed by atoms with Crippen molar-refractivity contribution < 1.29 is 13.6 Å². The predicted octanol–water partition coefficient (Wildman–Crippen LogP) is 2.11. The lowest BCUT2D eigenvalue weighted by Crippen LogP contribution is -2.17. The highest BCUT2D eigenvalue weighted by Crippen LogP contribution is 2.20. The second-order valence-corrected chi connectivity index (χ2v) is 4.33. The lowest BCUT2D eigenvalue weighted by molar-refractivity contribution is 0.101. The quantitative estimate of drug-likeness (QED) is 0.789. The Balaban J connectivity index is 1.79. The maximum Gasteiger partial charge on any atom is 0.322 e. The van der Waals surface area contributed by atoms with Gasteiger partial charge in [0, 0.05) is 6.54 Å². The van der Waals surface area contributed by atoms with Gasteiger partial charge in [-0.3, -0.25) is 14.8 Å². The summed E-state index contributed by atoms with van der Waals surface area (Å²) >= 11 is 0. The first-order valence-electron chi connectivity index (χ1n) is 6.40. The summed E-state index contributed by atoms with van der Waals surface area (Å²) in [5.41, 5.74) is 1.21. The van der Waals surface area contributed by atoms with E-state index in [2.05, 4.69) is 20.6 Å². The summed E-state index contributed by atoms with van der Waals surface area (Å²) in [6, 6.07) is 5.10. The average Bonchev–Trinajstić information content (AvgIpc) is 3.16. The third-order valence-electron chi connectivity index (χ3n) is 2.81. The zero-order valence-corrected chi connectivity index (χ0v) is 11.5. The van der Waals surface area contributed by atoms with Crippen molar-refractivity contribution in [3.8, 4) is 11.7 Å². The van der Waals surface area contributed by atoms with Crippen molar-refractivity contribution in [2.75, 3.05) is 5.32 Å². The minimum atomic E-state index is -0.355. The lowest BCUT2D eigenvalue weighted by atomic mass is 10.3. The maximum atomic E-state index is 12.2. The molecule has 0 spiro atoms. The van der Waals surface area contributed by atoms with Crippen molar-refractivity contribution in [3.05, 3.63) is 35.9 Å². The van der Waals surface area contributed by atoms with Crippen LogP contribution in [0.3, 0.4) is 0 Å². The van der Waals surface area contributed by atoms with E-state index in [1.165, 1.54) is 6.26 Å². The van der Waals surface area contributed by atoms with Crippen LogP contribution in [0.15, 0.2) is 33.3 Å². The standard InChI is InChI=1S/C13H13N5O3/c1-3-18-9(7-8(2)17-18)11(19)14-13-16-15-12(21-13)10-5-4-6-20-10/h4-7H,3H2,1-2H3,(H,14,16,19). The molecule has 0 saturated carbocycles. The number of hydrogen-bond donors (Lipinski definition) is 1. The minimum absolute atomic E-state index is 0.00732. The Bertz CT molecular complexity index is 757. The first-order valence-corrected chi connectivity index (χ1v) is 6.40. The summed E-state index contributed by atoms with van der Waals surface area (Å²) in [5.74, 6) is 0.292. The van der Waals surface area contributed by atoms with E-state index in [1.54, 1.807) is 22.9 Å². The number of rotatable bonds is 4. The highest BCUT2D eigenvalue weighted by Gasteiger charge is 2.17. The molecule has 0 unspecified atom stereocenters. The Morgan fingerprint density at radius 3 is 3.00 bits per heavy atom. The van der Waals surface area contributed by atoms with E-state index in [0.29, 0.717) is 18.0 Å². The molecule has 21 heavy (non-hydrogen) atoms. The highest BCUT2D eigenvalue weighted by atomic mass is 16.4. The summed E-state index contributed by atoms with van der Waals surface area (Å²) < 4.78 is 12.1. The third kappa shape index (κ3) is 2.55. The highest BCUT2D eigenvalue weighted by molar-refractivity contribution is 6.01. The third-order valence-corrected chi connectivity index (χ3v) is 2.81. The number of hydrogen-bond acceptors (Lipinski definition) is 6. The van der Waals surface area contributed by atoms with Gasteiger partial charge in [0.05, 0.1) is 12.0 Å². The van der Waals surface area contributed by atoms with Gasteiger partial charge < -0.3 is 8.83 Å². The van der Waals surface area contributed by atoms with Crippen molar-refractivity contribution >= 4 is 11.9 Å². The minimum Gasteiger partial charge on any atom is -0.459 e. The van der Waals surface area contributed by atoms with Crippen molar-refractivity contribution in [1.82, 2.24) is 20.0 Å². The summed E-state index contributed by atoms with van der Waals surface area (Å²) in [7, 11) is 0. The van der Waals surface area contributed by atoms with Crippen molar-refractivity contribution in [2.24, 2.45) is 0 Å². The molecule has 8 nitrogen and oxygen atoms in total. The lowest BCUT2D eigenvalue weighted by Gasteiger charge is -2.02. The Hall–Kier alpha value is -2.90. The van der Waals surface area contributed by atoms with Crippen LogP contribution in [-0.4, -0.2) is 25.9 Å². The van der Waals surface area contributed by atoms with Gasteiger partial charge in [-0.15, -0.1) is 5.10 Å². The number of aryl methyl sites for hydroxylation is 2. The van der Waals surface area contributed by atoms with Crippen LogP contribution in [0.1, 0.15) is 23.1 Å². The fourth-order valence-electron chi connectivity index (χ4n) is 1.90. The molecular weight excluding hydrogens is 274 g/mol. The Morgan fingerprint density at radius 2 is 2.29 bits per heavy atom. The number of amides is 1. The second-order valence-electron chi connectivity index (χ2n) is 4.33. The van der Waals surface area contributed by atoms with Crippen LogP contribution in [0, 0.1) is 6.92 Å². The number of nitrogens with one attached hydrogen (secondary N) is 1. The van der Waals surface area contributed by atoms with E-state index in [0.717, 1.165) is 5.69 Å². The van der Waals surface area contributed by atoms with Gasteiger partial charge in [-0.1, -0.05) is 5.10 Å². The van der Waals surface area contributed by atoms with E-state index in [4.69, 9.17) is 8.83 Å². The molecule has 8 heteroatoms. The molecule has 108 valence electrons. The van der Waals surface area contributed by atoms with Crippen LogP contribution < -0.4 is 5.32 Å². The van der Waals surface area contributed by atoms with Crippen molar-refractivity contribution in [2.45, 2.75) is 20.4 Å². The van der Waals surface area contributed by atoms with Gasteiger partial charge in [0.1, 0.15) is 5.69 Å². The van der Waals surface area contributed by atoms with Crippen LogP contribution in [0.5, 0.6) is 0 Å². The van der Waals surface area contributed by atoms with E-state index in [9.17, 15) is 4.79 Å². The SMILES string of the molecule is CCn1nc(C)cc1C(=O)Nc1nnc(-c2ccco2)o1. The number of carbonyl (C=O) groups is 1. The van der Waals surface area contributed by atoms with E-state index in [-0.39, 0.29) is 17.8 Å². The normalized spacial score (nSPS) is 10.8.